The Balaban J connectivity index is 1.88. The normalized spacial score (nSPS) is 22.9. The summed E-state index contributed by atoms with van der Waals surface area (Å²) in [6, 6.07) is 2.82. The summed E-state index contributed by atoms with van der Waals surface area (Å²) < 4.78 is 31.3. The maximum atomic E-state index is 13.1. The van der Waals surface area contributed by atoms with Crippen LogP contribution in [0.25, 0.3) is 11.4 Å². The van der Waals surface area contributed by atoms with Crippen LogP contribution in [-0.2, 0) is 0 Å². The Bertz CT molecular complexity index is 582. The molecule has 2 N–H and O–H groups in total. The summed E-state index contributed by atoms with van der Waals surface area (Å²) in [6.07, 6.45) is 0.0195. The molecule has 2 atom stereocenters. The number of benzene rings is 1. The molecule has 100 valence electrons. The standard InChI is InChI=1S/C12H11F2N3O2/c13-7-1-6(2-8(14)3-7)11-16-12(19-17-11)10-4-9(18)5-15-10/h1-3,9-10,15,18H,4-5H2. The van der Waals surface area contributed by atoms with Crippen LogP contribution < -0.4 is 5.32 Å². The maximum absolute atomic E-state index is 13.1. The lowest BCUT2D eigenvalue weighted by molar-refractivity contribution is 0.191. The maximum Gasteiger partial charge on any atom is 0.244 e. The second kappa shape index (κ2) is 4.67. The number of aliphatic hydroxyl groups excluding tert-OH is 1. The second-order valence-corrected chi connectivity index (χ2v) is 4.46. The highest BCUT2D eigenvalue weighted by atomic mass is 19.1. The molecule has 0 bridgehead atoms. The van der Waals surface area contributed by atoms with Crippen molar-refractivity contribution < 1.29 is 18.4 Å². The molecule has 1 saturated heterocycles. The lowest BCUT2D eigenvalue weighted by Gasteiger charge is -2.01. The minimum atomic E-state index is -0.698. The number of rotatable bonds is 2. The topological polar surface area (TPSA) is 71.2 Å². The van der Waals surface area contributed by atoms with E-state index >= 15 is 0 Å². The minimum absolute atomic E-state index is 0.122. The lowest BCUT2D eigenvalue weighted by atomic mass is 10.2. The van der Waals surface area contributed by atoms with Crippen LogP contribution in [0.15, 0.2) is 22.7 Å². The minimum Gasteiger partial charge on any atom is -0.392 e. The van der Waals surface area contributed by atoms with Gasteiger partial charge in [0.2, 0.25) is 11.7 Å². The van der Waals surface area contributed by atoms with Crippen LogP contribution in [0.3, 0.4) is 0 Å². The average molecular weight is 267 g/mol. The van der Waals surface area contributed by atoms with Crippen LogP contribution in [0.1, 0.15) is 18.4 Å². The van der Waals surface area contributed by atoms with E-state index in [-0.39, 0.29) is 17.4 Å². The second-order valence-electron chi connectivity index (χ2n) is 4.46. The number of aliphatic hydroxyl groups is 1. The molecule has 0 amide bonds. The van der Waals surface area contributed by atoms with E-state index in [1.165, 1.54) is 0 Å². The van der Waals surface area contributed by atoms with Gasteiger partial charge in [-0.3, -0.25) is 0 Å². The van der Waals surface area contributed by atoms with E-state index < -0.39 is 17.7 Å². The molecule has 0 saturated carbocycles. The zero-order valence-corrected chi connectivity index (χ0v) is 9.81. The molecule has 5 nitrogen and oxygen atoms in total. The first-order chi connectivity index (χ1) is 9.11. The molecule has 7 heteroatoms. The van der Waals surface area contributed by atoms with Crippen molar-refractivity contribution in [3.8, 4) is 11.4 Å². The summed E-state index contributed by atoms with van der Waals surface area (Å²) in [7, 11) is 0. The molecular weight excluding hydrogens is 256 g/mol. The predicted molar refractivity (Wildman–Crippen MR) is 61.0 cm³/mol. The highest BCUT2D eigenvalue weighted by Crippen LogP contribution is 2.25. The first-order valence-electron chi connectivity index (χ1n) is 5.83. The number of hydrogen-bond donors (Lipinski definition) is 2. The number of aromatic nitrogens is 2. The van der Waals surface area contributed by atoms with E-state index in [0.717, 1.165) is 18.2 Å². The molecule has 3 rings (SSSR count). The molecule has 1 aromatic heterocycles. The van der Waals surface area contributed by atoms with Crippen LogP contribution in [0.5, 0.6) is 0 Å². The van der Waals surface area contributed by atoms with Crippen LogP contribution in [0, 0.1) is 11.6 Å². The van der Waals surface area contributed by atoms with Crippen molar-refractivity contribution in [1.82, 2.24) is 15.5 Å². The molecule has 1 aromatic carbocycles. The number of nitrogens with zero attached hydrogens (tertiary/aromatic N) is 2. The summed E-state index contributed by atoms with van der Waals surface area (Å²) in [5, 5.41) is 16.1. The largest absolute Gasteiger partial charge is 0.392 e. The van der Waals surface area contributed by atoms with Crippen molar-refractivity contribution in [3.63, 3.8) is 0 Å². The average Bonchev–Trinajstić information content (AvgIpc) is 2.95. The number of β-amino-alcohol motifs (C(OH)–C–C–N with tert-alkyl or cyclic N) is 1. The van der Waals surface area contributed by atoms with Gasteiger partial charge >= 0.3 is 0 Å². The summed E-state index contributed by atoms with van der Waals surface area (Å²) in [5.74, 6) is -0.973. The fraction of sp³-hybridized carbons (Fsp3) is 0.333. The monoisotopic (exact) mass is 267 g/mol. The SMILES string of the molecule is OC1CNC(c2nc(-c3cc(F)cc(F)c3)no2)C1. The summed E-state index contributed by atoms with van der Waals surface area (Å²) in [4.78, 5) is 4.09. The van der Waals surface area contributed by atoms with Crippen molar-refractivity contribution >= 4 is 0 Å². The first kappa shape index (κ1) is 12.2. The third-order valence-electron chi connectivity index (χ3n) is 2.97. The van der Waals surface area contributed by atoms with Gasteiger partial charge in [-0.15, -0.1) is 0 Å². The molecule has 1 aliphatic heterocycles. The third-order valence-corrected chi connectivity index (χ3v) is 2.97. The highest BCUT2D eigenvalue weighted by Gasteiger charge is 2.28. The number of halogens is 2. The van der Waals surface area contributed by atoms with Gasteiger partial charge in [0.25, 0.3) is 0 Å². The zero-order chi connectivity index (χ0) is 13.4. The van der Waals surface area contributed by atoms with Gasteiger partial charge in [0, 0.05) is 18.2 Å². The highest BCUT2D eigenvalue weighted by molar-refractivity contribution is 5.54. The lowest BCUT2D eigenvalue weighted by Crippen LogP contribution is -2.15. The zero-order valence-electron chi connectivity index (χ0n) is 9.81. The Morgan fingerprint density at radius 1 is 1.26 bits per heavy atom. The van der Waals surface area contributed by atoms with Gasteiger partial charge in [-0.25, -0.2) is 8.78 Å². The van der Waals surface area contributed by atoms with E-state index in [1.54, 1.807) is 0 Å². The fourth-order valence-electron chi connectivity index (χ4n) is 2.08. The number of nitrogens with one attached hydrogen (secondary N) is 1. The molecule has 19 heavy (non-hydrogen) atoms. The number of hydrogen-bond acceptors (Lipinski definition) is 5. The van der Waals surface area contributed by atoms with Crippen LogP contribution in [0.4, 0.5) is 8.78 Å². The van der Waals surface area contributed by atoms with Gasteiger partial charge in [-0.1, -0.05) is 5.16 Å². The predicted octanol–water partition coefficient (Wildman–Crippen LogP) is 1.41. The Morgan fingerprint density at radius 3 is 2.63 bits per heavy atom. The van der Waals surface area contributed by atoms with Crippen molar-refractivity contribution in [3.05, 3.63) is 35.7 Å². The van der Waals surface area contributed by atoms with Crippen LogP contribution >= 0.6 is 0 Å². The van der Waals surface area contributed by atoms with Crippen molar-refractivity contribution in [2.24, 2.45) is 0 Å². The molecule has 1 fully saturated rings. The van der Waals surface area contributed by atoms with Gasteiger partial charge in [0.15, 0.2) is 0 Å². The summed E-state index contributed by atoms with van der Waals surface area (Å²) in [5.41, 5.74) is 0.214. The van der Waals surface area contributed by atoms with Gasteiger partial charge in [0.1, 0.15) is 11.6 Å². The molecule has 0 aliphatic carbocycles. The van der Waals surface area contributed by atoms with Crippen molar-refractivity contribution in [2.75, 3.05) is 6.54 Å². The smallest absolute Gasteiger partial charge is 0.244 e. The van der Waals surface area contributed by atoms with Gasteiger partial charge in [-0.2, -0.15) is 4.98 Å². The first-order valence-corrected chi connectivity index (χ1v) is 5.83. The molecule has 1 aliphatic rings. The van der Waals surface area contributed by atoms with E-state index in [2.05, 4.69) is 15.5 Å². The van der Waals surface area contributed by atoms with E-state index in [9.17, 15) is 13.9 Å². The molecule has 2 unspecified atom stereocenters. The Morgan fingerprint density at radius 2 is 2.00 bits per heavy atom. The molecule has 2 aromatic rings. The molecule has 0 spiro atoms. The van der Waals surface area contributed by atoms with Gasteiger partial charge < -0.3 is 14.9 Å². The fourth-order valence-corrected chi connectivity index (χ4v) is 2.08. The van der Waals surface area contributed by atoms with Crippen LogP contribution in [0.2, 0.25) is 0 Å². The Labute approximate surface area is 107 Å². The van der Waals surface area contributed by atoms with E-state index in [0.29, 0.717) is 18.9 Å². The molecule has 0 radical (unpaired) electrons. The van der Waals surface area contributed by atoms with E-state index in [4.69, 9.17) is 4.52 Å². The van der Waals surface area contributed by atoms with Crippen LogP contribution in [-0.4, -0.2) is 27.9 Å². The quantitative estimate of drug-likeness (QED) is 0.860. The Hall–Kier alpha value is -1.86. The third kappa shape index (κ3) is 2.47. The summed E-state index contributed by atoms with van der Waals surface area (Å²) in [6.45, 7) is 0.455. The Kier molecular flexibility index (Phi) is 3.00. The van der Waals surface area contributed by atoms with Gasteiger partial charge in [-0.05, 0) is 18.6 Å². The van der Waals surface area contributed by atoms with E-state index in [1.807, 2.05) is 0 Å². The summed E-state index contributed by atoms with van der Waals surface area (Å²) >= 11 is 0. The molecule has 2 heterocycles. The molecular formula is C12H11F2N3O2. The van der Waals surface area contributed by atoms with Crippen molar-refractivity contribution in [2.45, 2.75) is 18.6 Å². The van der Waals surface area contributed by atoms with Gasteiger partial charge in [0.05, 0.1) is 12.1 Å². The van der Waals surface area contributed by atoms with Crippen molar-refractivity contribution in [1.29, 1.82) is 0 Å².